The standard InChI is InChI=1S/C7H4O2/c8-7(9)6-4-2-1-3-5-6/h1-2,4H,(H,8,9). The van der Waals surface area contributed by atoms with Crippen molar-refractivity contribution in [1.29, 1.82) is 0 Å². The molecule has 0 aliphatic heterocycles. The molecule has 9 heavy (non-hydrogen) atoms. The van der Waals surface area contributed by atoms with Crippen molar-refractivity contribution in [2.24, 2.45) is 0 Å². The van der Waals surface area contributed by atoms with Gasteiger partial charge >= 0.3 is 5.97 Å². The quantitative estimate of drug-likeness (QED) is 0.599. The molecule has 1 aromatic carbocycles. The summed E-state index contributed by atoms with van der Waals surface area (Å²) in [4.78, 5) is 10.1. The van der Waals surface area contributed by atoms with Crippen LogP contribution in [0.15, 0.2) is 18.2 Å². The molecule has 44 valence electrons. The molecule has 0 aromatic heterocycles. The van der Waals surface area contributed by atoms with Crippen molar-refractivity contribution in [1.82, 2.24) is 0 Å². The van der Waals surface area contributed by atoms with Gasteiger partial charge in [0.2, 0.25) is 0 Å². The van der Waals surface area contributed by atoms with Crippen LogP contribution >= 0.6 is 0 Å². The molecule has 0 saturated carbocycles. The maximum Gasteiger partial charge on any atom is 0.336 e. The first-order valence-corrected chi connectivity index (χ1v) is 2.42. The molecule has 1 rings (SSSR count). The predicted octanol–water partition coefficient (Wildman–Crippen LogP) is 0.985. The molecular weight excluding hydrogens is 116 g/mol. The number of carbonyl (C=O) groups is 1. The van der Waals surface area contributed by atoms with E-state index in [-0.39, 0.29) is 5.56 Å². The molecule has 0 atom stereocenters. The average molecular weight is 120 g/mol. The summed E-state index contributed by atoms with van der Waals surface area (Å²) in [7, 11) is 0. The van der Waals surface area contributed by atoms with E-state index in [2.05, 4.69) is 12.1 Å². The lowest BCUT2D eigenvalue weighted by atomic mass is 10.2. The molecule has 0 fully saturated rings. The fourth-order valence-corrected chi connectivity index (χ4v) is 0.478. The Morgan fingerprint density at radius 2 is 2.44 bits per heavy atom. The smallest absolute Gasteiger partial charge is 0.336 e. The number of carboxylic acid groups (broad SMARTS) is 1. The van der Waals surface area contributed by atoms with E-state index < -0.39 is 5.97 Å². The zero-order chi connectivity index (χ0) is 6.69. The minimum absolute atomic E-state index is 0.150. The molecule has 0 amide bonds. The van der Waals surface area contributed by atoms with Gasteiger partial charge in [-0.1, -0.05) is 12.1 Å². The van der Waals surface area contributed by atoms with E-state index in [0.717, 1.165) is 0 Å². The van der Waals surface area contributed by atoms with Crippen molar-refractivity contribution >= 4 is 5.97 Å². The van der Waals surface area contributed by atoms with Crippen LogP contribution < -0.4 is 0 Å². The Kier molecular flexibility index (Phi) is 1.49. The van der Waals surface area contributed by atoms with Crippen molar-refractivity contribution < 1.29 is 9.90 Å². The van der Waals surface area contributed by atoms with Crippen molar-refractivity contribution in [3.05, 3.63) is 35.9 Å². The second kappa shape index (κ2) is 2.31. The molecule has 0 unspecified atom stereocenters. The first-order valence-electron chi connectivity index (χ1n) is 2.42. The third-order valence-electron chi connectivity index (χ3n) is 0.880. The molecule has 2 heteroatoms. The number of hydrogen-bond acceptors (Lipinski definition) is 1. The van der Waals surface area contributed by atoms with E-state index in [1.54, 1.807) is 12.1 Å². The molecule has 0 aliphatic rings. The first kappa shape index (κ1) is 5.82. The highest BCUT2D eigenvalue weighted by Crippen LogP contribution is 1.94. The van der Waals surface area contributed by atoms with Gasteiger partial charge in [0.1, 0.15) is 0 Å². The first-order chi connectivity index (χ1) is 4.30. The summed E-state index contributed by atoms with van der Waals surface area (Å²) in [5, 5.41) is 8.33. The van der Waals surface area contributed by atoms with Gasteiger partial charge in [0, 0.05) is 6.07 Å². The highest BCUT2D eigenvalue weighted by atomic mass is 16.4. The largest absolute Gasteiger partial charge is 0.478 e. The van der Waals surface area contributed by atoms with E-state index in [9.17, 15) is 4.79 Å². The Balaban J connectivity index is 2.98. The Hall–Kier alpha value is -1.31. The van der Waals surface area contributed by atoms with Crippen LogP contribution in [0, 0.1) is 12.1 Å². The lowest BCUT2D eigenvalue weighted by Gasteiger charge is -1.86. The summed E-state index contributed by atoms with van der Waals surface area (Å²) in [5.41, 5.74) is 0.150. The van der Waals surface area contributed by atoms with Crippen molar-refractivity contribution in [3.63, 3.8) is 0 Å². The summed E-state index contributed by atoms with van der Waals surface area (Å²) in [6.07, 6.45) is 0. The Labute approximate surface area is 52.8 Å². The molecule has 0 bridgehead atoms. The predicted molar refractivity (Wildman–Crippen MR) is 31.1 cm³/mol. The van der Waals surface area contributed by atoms with Gasteiger partial charge < -0.3 is 5.11 Å². The molecule has 1 aromatic rings. The van der Waals surface area contributed by atoms with Crippen LogP contribution in [0.25, 0.3) is 0 Å². The van der Waals surface area contributed by atoms with Crippen LogP contribution in [0.1, 0.15) is 10.4 Å². The fourth-order valence-electron chi connectivity index (χ4n) is 0.478. The van der Waals surface area contributed by atoms with Gasteiger partial charge in [0.25, 0.3) is 0 Å². The van der Waals surface area contributed by atoms with Gasteiger partial charge in [-0.3, -0.25) is 0 Å². The van der Waals surface area contributed by atoms with E-state index in [4.69, 9.17) is 5.11 Å². The molecule has 0 aliphatic carbocycles. The number of rotatable bonds is 1. The van der Waals surface area contributed by atoms with Crippen LogP contribution in [0.5, 0.6) is 0 Å². The minimum Gasteiger partial charge on any atom is -0.478 e. The second-order valence-electron chi connectivity index (χ2n) is 1.51. The molecule has 1 N–H and O–H groups in total. The van der Waals surface area contributed by atoms with E-state index in [1.807, 2.05) is 0 Å². The highest BCUT2D eigenvalue weighted by molar-refractivity contribution is 5.86. The summed E-state index contributed by atoms with van der Waals surface area (Å²) >= 11 is 0. The third-order valence-corrected chi connectivity index (χ3v) is 0.880. The lowest BCUT2D eigenvalue weighted by Crippen LogP contribution is -1.94. The fraction of sp³-hybridized carbons (Fsp3) is 0. The van der Waals surface area contributed by atoms with Crippen LogP contribution in [0.3, 0.4) is 0 Å². The van der Waals surface area contributed by atoms with Crippen LogP contribution in [0.2, 0.25) is 0 Å². The van der Waals surface area contributed by atoms with Gasteiger partial charge in [0.15, 0.2) is 0 Å². The second-order valence-corrected chi connectivity index (χ2v) is 1.51. The number of hydrogen-bond donors (Lipinski definition) is 1. The van der Waals surface area contributed by atoms with Crippen molar-refractivity contribution in [3.8, 4) is 0 Å². The van der Waals surface area contributed by atoms with Crippen LogP contribution in [-0.4, -0.2) is 11.1 Å². The maximum absolute atomic E-state index is 10.1. The monoisotopic (exact) mass is 120 g/mol. The highest BCUT2D eigenvalue weighted by Gasteiger charge is 1.97. The lowest BCUT2D eigenvalue weighted by molar-refractivity contribution is 0.0696. The van der Waals surface area contributed by atoms with Gasteiger partial charge in [-0.2, -0.15) is 0 Å². The summed E-state index contributed by atoms with van der Waals surface area (Å²) in [6.45, 7) is 0. The SMILES string of the molecule is O=C(O)c1[c][c]ccc1. The summed E-state index contributed by atoms with van der Waals surface area (Å²) in [5.74, 6) is -0.966. The Morgan fingerprint density at radius 3 is 2.78 bits per heavy atom. The topological polar surface area (TPSA) is 37.3 Å². The molecule has 0 spiro atoms. The Morgan fingerprint density at radius 1 is 1.67 bits per heavy atom. The molecule has 0 heterocycles. The molecule has 2 nitrogen and oxygen atoms in total. The number of benzene rings is 1. The van der Waals surface area contributed by atoms with Crippen LogP contribution in [-0.2, 0) is 0 Å². The van der Waals surface area contributed by atoms with E-state index in [0.29, 0.717) is 0 Å². The van der Waals surface area contributed by atoms with Crippen molar-refractivity contribution in [2.75, 3.05) is 0 Å². The molecular formula is C7H4O2. The summed E-state index contributed by atoms with van der Waals surface area (Å²) in [6, 6.07) is 9.67. The molecule has 0 saturated heterocycles. The Bertz CT molecular complexity index is 203. The normalized spacial score (nSPS) is 8.89. The van der Waals surface area contributed by atoms with Gasteiger partial charge in [-0.25, -0.2) is 4.79 Å². The summed E-state index contributed by atoms with van der Waals surface area (Å²) < 4.78 is 0. The van der Waals surface area contributed by atoms with Crippen molar-refractivity contribution in [2.45, 2.75) is 0 Å². The zero-order valence-corrected chi connectivity index (χ0v) is 4.59. The van der Waals surface area contributed by atoms with Gasteiger partial charge in [0.05, 0.1) is 5.56 Å². The van der Waals surface area contributed by atoms with Gasteiger partial charge in [-0.05, 0) is 12.1 Å². The number of carboxylic acids is 1. The minimum atomic E-state index is -0.966. The zero-order valence-electron chi connectivity index (χ0n) is 4.59. The van der Waals surface area contributed by atoms with E-state index in [1.165, 1.54) is 6.07 Å². The third kappa shape index (κ3) is 1.29. The van der Waals surface area contributed by atoms with E-state index >= 15 is 0 Å². The number of aromatic carboxylic acids is 1. The molecule has 2 radical (unpaired) electrons. The average Bonchev–Trinajstić information content (AvgIpc) is 1.90. The van der Waals surface area contributed by atoms with Crippen LogP contribution in [0.4, 0.5) is 0 Å². The maximum atomic E-state index is 10.1. The van der Waals surface area contributed by atoms with Gasteiger partial charge in [-0.15, -0.1) is 0 Å².